The van der Waals surface area contributed by atoms with Crippen LogP contribution in [0.2, 0.25) is 0 Å². The van der Waals surface area contributed by atoms with Gasteiger partial charge in [0.15, 0.2) is 0 Å². The highest BCUT2D eigenvalue weighted by molar-refractivity contribution is 9.10. The van der Waals surface area contributed by atoms with E-state index in [1.165, 1.54) is 12.8 Å². The number of hydrogen-bond acceptors (Lipinski definition) is 4. The van der Waals surface area contributed by atoms with Gasteiger partial charge in [-0.2, -0.15) is 0 Å². The summed E-state index contributed by atoms with van der Waals surface area (Å²) < 4.78 is 27.6. The van der Waals surface area contributed by atoms with Gasteiger partial charge in [0, 0.05) is 30.1 Å². The minimum absolute atomic E-state index is 0.253. The molecule has 1 aromatic carbocycles. The maximum Gasteiger partial charge on any atom is 0.241 e. The molecule has 0 radical (unpaired) electrons. The molecule has 0 atom stereocenters. The average Bonchev–Trinajstić information content (AvgIpc) is 3.22. The van der Waals surface area contributed by atoms with Gasteiger partial charge in [0.05, 0.1) is 4.90 Å². The summed E-state index contributed by atoms with van der Waals surface area (Å²) in [6.45, 7) is 1.53. The molecule has 0 bridgehead atoms. The third kappa shape index (κ3) is 4.02. The van der Waals surface area contributed by atoms with Gasteiger partial charge < -0.3 is 10.6 Å². The van der Waals surface area contributed by atoms with Crippen LogP contribution in [0.1, 0.15) is 18.4 Å². The minimum Gasteiger partial charge on any atom is -0.326 e. The molecule has 112 valence electrons. The smallest absolute Gasteiger partial charge is 0.241 e. The molecular formula is C13H20BrN3O2S. The molecule has 1 aliphatic carbocycles. The lowest BCUT2D eigenvalue weighted by molar-refractivity contribution is 0.329. The third-order valence-electron chi connectivity index (χ3n) is 3.45. The molecule has 0 aliphatic heterocycles. The molecule has 1 fully saturated rings. The van der Waals surface area contributed by atoms with E-state index in [9.17, 15) is 8.42 Å². The number of nitrogens with two attached hydrogens (primary N) is 1. The molecule has 5 nitrogen and oxygen atoms in total. The second kappa shape index (κ2) is 6.53. The SMILES string of the molecule is CN(CCNS(=O)(=O)c1ccc(CN)cc1Br)C1CC1. The molecule has 1 aliphatic rings. The molecule has 2 rings (SSSR count). The molecule has 1 aromatic rings. The highest BCUT2D eigenvalue weighted by atomic mass is 79.9. The van der Waals surface area contributed by atoms with Gasteiger partial charge in [-0.1, -0.05) is 6.07 Å². The van der Waals surface area contributed by atoms with Crippen molar-refractivity contribution >= 4 is 26.0 Å². The second-order valence-corrected chi connectivity index (χ2v) is 7.67. The number of sulfonamides is 1. The summed E-state index contributed by atoms with van der Waals surface area (Å²) in [5.74, 6) is 0. The lowest BCUT2D eigenvalue weighted by atomic mass is 10.2. The summed E-state index contributed by atoms with van der Waals surface area (Å²) in [7, 11) is -1.46. The zero-order valence-corrected chi connectivity index (χ0v) is 13.9. The molecule has 0 saturated heterocycles. The Morgan fingerprint density at radius 2 is 2.15 bits per heavy atom. The zero-order chi connectivity index (χ0) is 14.8. The van der Waals surface area contributed by atoms with Gasteiger partial charge in [-0.25, -0.2) is 13.1 Å². The first-order chi connectivity index (χ1) is 9.44. The predicted molar refractivity (Wildman–Crippen MR) is 82.9 cm³/mol. The molecule has 3 N–H and O–H groups in total. The highest BCUT2D eigenvalue weighted by Gasteiger charge is 2.26. The van der Waals surface area contributed by atoms with Crippen LogP contribution in [0.4, 0.5) is 0 Å². The van der Waals surface area contributed by atoms with Crippen molar-refractivity contribution in [3.63, 3.8) is 0 Å². The number of nitrogens with one attached hydrogen (secondary N) is 1. The van der Waals surface area contributed by atoms with Crippen molar-refractivity contribution in [1.82, 2.24) is 9.62 Å². The van der Waals surface area contributed by atoms with E-state index < -0.39 is 10.0 Å². The fraction of sp³-hybridized carbons (Fsp3) is 0.538. The maximum atomic E-state index is 12.2. The topological polar surface area (TPSA) is 75.4 Å². The Kier molecular flexibility index (Phi) is 5.19. The van der Waals surface area contributed by atoms with Crippen LogP contribution >= 0.6 is 15.9 Å². The van der Waals surface area contributed by atoms with E-state index in [-0.39, 0.29) is 4.90 Å². The van der Waals surface area contributed by atoms with Crippen molar-refractivity contribution in [1.29, 1.82) is 0 Å². The van der Waals surface area contributed by atoms with Gasteiger partial charge in [0.2, 0.25) is 10.0 Å². The molecule has 0 amide bonds. The molecule has 7 heteroatoms. The van der Waals surface area contributed by atoms with E-state index in [0.717, 1.165) is 12.1 Å². The Morgan fingerprint density at radius 3 is 2.70 bits per heavy atom. The van der Waals surface area contributed by atoms with Crippen LogP contribution in [0.3, 0.4) is 0 Å². The summed E-state index contributed by atoms with van der Waals surface area (Å²) in [6.07, 6.45) is 2.44. The van der Waals surface area contributed by atoms with Gasteiger partial charge >= 0.3 is 0 Å². The Balaban J connectivity index is 1.98. The van der Waals surface area contributed by atoms with E-state index in [1.807, 2.05) is 7.05 Å². The first-order valence-corrected chi connectivity index (χ1v) is 8.90. The molecule has 0 heterocycles. The van der Waals surface area contributed by atoms with Crippen molar-refractivity contribution in [3.8, 4) is 0 Å². The van der Waals surface area contributed by atoms with Crippen molar-refractivity contribution in [3.05, 3.63) is 28.2 Å². The van der Waals surface area contributed by atoms with Crippen molar-refractivity contribution in [2.75, 3.05) is 20.1 Å². The van der Waals surface area contributed by atoms with Gasteiger partial charge in [-0.15, -0.1) is 0 Å². The number of rotatable bonds is 7. The number of benzene rings is 1. The minimum atomic E-state index is -3.48. The first kappa shape index (κ1) is 15.9. The standard InChI is InChI=1S/C13H20BrN3O2S/c1-17(11-3-4-11)7-6-16-20(18,19)13-5-2-10(9-15)8-12(13)14/h2,5,8,11,16H,3-4,6-7,9,15H2,1H3. The number of hydrogen-bond donors (Lipinski definition) is 2. The predicted octanol–water partition coefficient (Wildman–Crippen LogP) is 1.28. The van der Waals surface area contributed by atoms with Crippen LogP contribution < -0.4 is 10.5 Å². The van der Waals surface area contributed by atoms with Crippen molar-refractivity contribution in [2.24, 2.45) is 5.73 Å². The van der Waals surface area contributed by atoms with Crippen LogP contribution in [0.5, 0.6) is 0 Å². The number of nitrogens with zero attached hydrogens (tertiary/aromatic N) is 1. The van der Waals surface area contributed by atoms with Crippen LogP contribution in [0.15, 0.2) is 27.6 Å². The van der Waals surface area contributed by atoms with E-state index in [2.05, 4.69) is 25.6 Å². The maximum absolute atomic E-state index is 12.2. The first-order valence-electron chi connectivity index (χ1n) is 6.62. The Hall–Kier alpha value is -0.470. The van der Waals surface area contributed by atoms with Gasteiger partial charge in [0.1, 0.15) is 0 Å². The number of likely N-dealkylation sites (N-methyl/N-ethyl adjacent to an activating group) is 1. The lowest BCUT2D eigenvalue weighted by Crippen LogP contribution is -2.34. The summed E-state index contributed by atoms with van der Waals surface area (Å²) in [6, 6.07) is 5.69. The summed E-state index contributed by atoms with van der Waals surface area (Å²) >= 11 is 3.29. The highest BCUT2D eigenvalue weighted by Crippen LogP contribution is 2.25. The van der Waals surface area contributed by atoms with Crippen LogP contribution in [0.25, 0.3) is 0 Å². The van der Waals surface area contributed by atoms with Crippen molar-refractivity contribution in [2.45, 2.75) is 30.3 Å². The van der Waals surface area contributed by atoms with Crippen molar-refractivity contribution < 1.29 is 8.42 Å². The van der Waals surface area contributed by atoms with Gasteiger partial charge in [0.25, 0.3) is 0 Å². The molecule has 20 heavy (non-hydrogen) atoms. The lowest BCUT2D eigenvalue weighted by Gasteiger charge is -2.16. The largest absolute Gasteiger partial charge is 0.326 e. The molecule has 0 unspecified atom stereocenters. The zero-order valence-electron chi connectivity index (χ0n) is 11.5. The van der Waals surface area contributed by atoms with E-state index >= 15 is 0 Å². The second-order valence-electron chi connectivity index (χ2n) is 5.08. The fourth-order valence-corrected chi connectivity index (χ4v) is 4.17. The van der Waals surface area contributed by atoms with Gasteiger partial charge in [-0.05, 0) is 53.5 Å². The Morgan fingerprint density at radius 1 is 1.45 bits per heavy atom. The van der Waals surface area contributed by atoms with Crippen LogP contribution in [-0.2, 0) is 16.6 Å². The van der Waals surface area contributed by atoms with Gasteiger partial charge in [-0.3, -0.25) is 0 Å². The average molecular weight is 362 g/mol. The molecule has 1 saturated carbocycles. The molecular weight excluding hydrogens is 342 g/mol. The quantitative estimate of drug-likeness (QED) is 0.766. The Labute approximate surface area is 128 Å². The third-order valence-corrected chi connectivity index (χ3v) is 5.89. The number of halogens is 1. The van der Waals surface area contributed by atoms with E-state index in [1.54, 1.807) is 18.2 Å². The normalized spacial score (nSPS) is 15.8. The summed E-state index contributed by atoms with van der Waals surface area (Å²) in [5, 5.41) is 0. The Bertz CT molecular complexity index is 573. The monoisotopic (exact) mass is 361 g/mol. The molecule has 0 aromatic heterocycles. The summed E-state index contributed by atoms with van der Waals surface area (Å²) in [5.41, 5.74) is 6.43. The van der Waals surface area contributed by atoms with E-state index in [0.29, 0.717) is 23.6 Å². The van der Waals surface area contributed by atoms with Crippen LogP contribution in [-0.4, -0.2) is 39.5 Å². The fourth-order valence-electron chi connectivity index (χ4n) is 2.02. The summed E-state index contributed by atoms with van der Waals surface area (Å²) in [4.78, 5) is 2.44. The van der Waals surface area contributed by atoms with E-state index in [4.69, 9.17) is 5.73 Å². The molecule has 0 spiro atoms. The van der Waals surface area contributed by atoms with Crippen LogP contribution in [0, 0.1) is 0 Å².